The molecule has 3 aromatic rings. The van der Waals surface area contributed by atoms with Gasteiger partial charge in [0.2, 0.25) is 0 Å². The van der Waals surface area contributed by atoms with Gasteiger partial charge in [-0.3, -0.25) is 5.01 Å². The Labute approximate surface area is 201 Å². The number of rotatable bonds is 8. The van der Waals surface area contributed by atoms with Crippen LogP contribution in [0.25, 0.3) is 0 Å². The average molecular weight is 483 g/mol. The summed E-state index contributed by atoms with van der Waals surface area (Å²) in [7, 11) is 0. The molecule has 4 N–H and O–H groups in total. The molecule has 1 aromatic heterocycles. The highest BCUT2D eigenvalue weighted by molar-refractivity contribution is 5.77. The number of hydrazone groups is 1. The Morgan fingerprint density at radius 3 is 2.69 bits per heavy atom. The minimum Gasteiger partial charge on any atom is -0.484 e. The molecule has 1 aliphatic heterocycles. The number of amides is 1. The molecule has 35 heavy (non-hydrogen) atoms. The number of hydrogen-bond donors (Lipinski definition) is 2. The number of halogens is 1. The number of anilines is 1. The second kappa shape index (κ2) is 11.3. The van der Waals surface area contributed by atoms with Gasteiger partial charge in [-0.2, -0.15) is 20.1 Å². The van der Waals surface area contributed by atoms with Gasteiger partial charge in [-0.05, 0) is 30.5 Å². The molecular formula is C23H27FN8O3. The van der Waals surface area contributed by atoms with Crippen LogP contribution in [-0.4, -0.2) is 45.4 Å². The zero-order chi connectivity index (χ0) is 24.6. The van der Waals surface area contributed by atoms with E-state index in [1.54, 1.807) is 22.0 Å². The maximum atomic E-state index is 14.3. The fourth-order valence-corrected chi connectivity index (χ4v) is 3.70. The van der Waals surface area contributed by atoms with E-state index in [1.165, 1.54) is 12.1 Å². The van der Waals surface area contributed by atoms with Crippen LogP contribution in [0, 0.1) is 5.82 Å². The van der Waals surface area contributed by atoms with Crippen LogP contribution in [0.1, 0.15) is 30.1 Å². The molecule has 0 spiro atoms. The van der Waals surface area contributed by atoms with Crippen molar-refractivity contribution in [3.05, 3.63) is 71.8 Å². The lowest BCUT2D eigenvalue weighted by molar-refractivity contribution is 0.0807. The Morgan fingerprint density at radius 1 is 1.20 bits per heavy atom. The van der Waals surface area contributed by atoms with Gasteiger partial charge in [0.15, 0.2) is 11.6 Å². The quantitative estimate of drug-likeness (QED) is 0.216. The number of hydrogen-bond acceptors (Lipinski definition) is 8. The number of aromatic nitrogens is 3. The SMILES string of the molecule is N/N=C\N(N)c1ccc(OCc2cnn(C3CCN(C(=O)OCc4ccccc4)CC3)n2)c(F)c1. The molecule has 184 valence electrons. The van der Waals surface area contributed by atoms with Crippen molar-refractivity contribution < 1.29 is 18.7 Å². The van der Waals surface area contributed by atoms with Crippen LogP contribution in [0.2, 0.25) is 0 Å². The number of hydrazine groups is 1. The van der Waals surface area contributed by atoms with Crippen molar-refractivity contribution in [3.63, 3.8) is 0 Å². The molecule has 4 rings (SSSR count). The summed E-state index contributed by atoms with van der Waals surface area (Å²) in [4.78, 5) is 15.7. The third-order valence-corrected chi connectivity index (χ3v) is 5.59. The monoisotopic (exact) mass is 482 g/mol. The van der Waals surface area contributed by atoms with Crippen LogP contribution in [0.4, 0.5) is 14.9 Å². The highest BCUT2D eigenvalue weighted by atomic mass is 19.1. The molecule has 1 saturated heterocycles. The summed E-state index contributed by atoms with van der Waals surface area (Å²) in [6.45, 7) is 1.41. The Bertz CT molecular complexity index is 1150. The molecule has 2 heterocycles. The molecule has 0 unspecified atom stereocenters. The van der Waals surface area contributed by atoms with Crippen molar-refractivity contribution in [2.45, 2.75) is 32.1 Å². The summed E-state index contributed by atoms with van der Waals surface area (Å²) >= 11 is 0. The standard InChI is InChI=1S/C23H27FN8O3/c24-21-12-20(31(26)16-27-25)6-7-22(21)34-15-18-13-28-32(29-18)19-8-10-30(11-9-19)23(33)35-14-17-4-2-1-3-5-17/h1-7,12-13,16,19H,8-11,14-15,25-26H2/b27-16-. The number of likely N-dealkylation sites (tertiary alicyclic amines) is 1. The maximum Gasteiger partial charge on any atom is 0.410 e. The molecule has 0 atom stereocenters. The fraction of sp³-hybridized carbons (Fsp3) is 0.304. The lowest BCUT2D eigenvalue weighted by atomic mass is 10.1. The van der Waals surface area contributed by atoms with Gasteiger partial charge in [0.05, 0.1) is 17.9 Å². The van der Waals surface area contributed by atoms with Crippen LogP contribution in [0.5, 0.6) is 5.75 Å². The zero-order valence-corrected chi connectivity index (χ0v) is 19.0. The van der Waals surface area contributed by atoms with Gasteiger partial charge in [-0.1, -0.05) is 30.3 Å². The first-order valence-corrected chi connectivity index (χ1v) is 11.1. The normalized spacial score (nSPS) is 14.3. The van der Waals surface area contributed by atoms with E-state index >= 15 is 0 Å². The maximum absolute atomic E-state index is 14.3. The summed E-state index contributed by atoms with van der Waals surface area (Å²) in [5.41, 5.74) is 1.88. The van der Waals surface area contributed by atoms with E-state index in [0.717, 1.165) is 16.9 Å². The number of ether oxygens (including phenoxy) is 2. The predicted molar refractivity (Wildman–Crippen MR) is 127 cm³/mol. The van der Waals surface area contributed by atoms with Crippen molar-refractivity contribution in [2.24, 2.45) is 16.8 Å². The highest BCUT2D eigenvalue weighted by Gasteiger charge is 2.26. The van der Waals surface area contributed by atoms with E-state index < -0.39 is 5.82 Å². The molecule has 11 nitrogen and oxygen atoms in total. The van der Waals surface area contributed by atoms with Gasteiger partial charge < -0.3 is 20.2 Å². The van der Waals surface area contributed by atoms with Gasteiger partial charge in [0.25, 0.3) is 0 Å². The summed E-state index contributed by atoms with van der Waals surface area (Å²) in [6.07, 6.45) is 3.83. The second-order valence-electron chi connectivity index (χ2n) is 7.99. The van der Waals surface area contributed by atoms with Crippen molar-refractivity contribution in [1.82, 2.24) is 19.9 Å². The van der Waals surface area contributed by atoms with Gasteiger partial charge in [-0.25, -0.2) is 15.0 Å². The molecule has 1 amide bonds. The lowest BCUT2D eigenvalue weighted by Crippen LogP contribution is -2.39. The van der Waals surface area contributed by atoms with Crippen molar-refractivity contribution in [1.29, 1.82) is 0 Å². The Hall–Kier alpha value is -4.19. The Balaban J connectivity index is 1.24. The van der Waals surface area contributed by atoms with Crippen LogP contribution in [0.15, 0.2) is 59.8 Å². The number of piperidine rings is 1. The predicted octanol–water partition coefficient (Wildman–Crippen LogP) is 2.55. The summed E-state index contributed by atoms with van der Waals surface area (Å²) in [5, 5.41) is 13.2. The molecule has 0 aliphatic carbocycles. The van der Waals surface area contributed by atoms with Crippen LogP contribution in [0.3, 0.4) is 0 Å². The second-order valence-corrected chi connectivity index (χ2v) is 7.99. The number of nitrogens with two attached hydrogens (primary N) is 2. The highest BCUT2D eigenvalue weighted by Crippen LogP contribution is 2.24. The third-order valence-electron chi connectivity index (χ3n) is 5.59. The third kappa shape index (κ3) is 6.23. The topological polar surface area (TPSA) is 137 Å². The van der Waals surface area contributed by atoms with Crippen molar-refractivity contribution in [3.8, 4) is 5.75 Å². The largest absolute Gasteiger partial charge is 0.484 e. The van der Waals surface area contributed by atoms with Gasteiger partial charge in [-0.15, -0.1) is 0 Å². The minimum absolute atomic E-state index is 0.0531. The number of benzene rings is 2. The van der Waals surface area contributed by atoms with E-state index in [9.17, 15) is 9.18 Å². The van der Waals surface area contributed by atoms with Crippen molar-refractivity contribution in [2.75, 3.05) is 18.1 Å². The minimum atomic E-state index is -0.581. The van der Waals surface area contributed by atoms with Crippen LogP contribution >= 0.6 is 0 Å². The molecule has 1 fully saturated rings. The van der Waals surface area contributed by atoms with E-state index in [4.69, 9.17) is 21.2 Å². The van der Waals surface area contributed by atoms with E-state index in [1.807, 2.05) is 30.3 Å². The van der Waals surface area contributed by atoms with Gasteiger partial charge >= 0.3 is 6.09 Å². The molecule has 1 aliphatic rings. The number of carbonyl (C=O) groups excluding carboxylic acids is 1. The van der Waals surface area contributed by atoms with Crippen LogP contribution in [-0.2, 0) is 18.0 Å². The molecule has 0 saturated carbocycles. The summed E-state index contributed by atoms with van der Waals surface area (Å²) in [5.74, 6) is 10.2. The first-order valence-electron chi connectivity index (χ1n) is 11.1. The smallest absolute Gasteiger partial charge is 0.410 e. The van der Waals surface area contributed by atoms with E-state index in [0.29, 0.717) is 37.3 Å². The molecule has 2 aromatic carbocycles. The first kappa shape index (κ1) is 24.0. The van der Waals surface area contributed by atoms with Gasteiger partial charge in [0.1, 0.15) is 25.2 Å². The summed E-state index contributed by atoms with van der Waals surface area (Å²) < 4.78 is 25.3. The van der Waals surface area contributed by atoms with E-state index in [2.05, 4.69) is 15.3 Å². The van der Waals surface area contributed by atoms with Crippen LogP contribution < -0.4 is 21.4 Å². The molecule has 12 heteroatoms. The zero-order valence-electron chi connectivity index (χ0n) is 19.0. The number of nitrogens with zero attached hydrogens (tertiary/aromatic N) is 6. The first-order chi connectivity index (χ1) is 17.0. The molecule has 0 radical (unpaired) electrons. The summed E-state index contributed by atoms with van der Waals surface area (Å²) in [6, 6.07) is 13.9. The Kier molecular flexibility index (Phi) is 7.73. The molecular weight excluding hydrogens is 455 g/mol. The molecule has 0 bridgehead atoms. The van der Waals surface area contributed by atoms with Gasteiger partial charge in [0, 0.05) is 19.2 Å². The average Bonchev–Trinajstić information content (AvgIpc) is 3.36. The fourth-order valence-electron chi connectivity index (χ4n) is 3.70. The number of carbonyl (C=O) groups is 1. The lowest BCUT2D eigenvalue weighted by Gasteiger charge is -2.30. The van der Waals surface area contributed by atoms with E-state index in [-0.39, 0.29) is 31.1 Å². The van der Waals surface area contributed by atoms with Crippen molar-refractivity contribution >= 4 is 18.1 Å². The Morgan fingerprint density at radius 2 is 1.97 bits per heavy atom.